The molecule has 2 heterocycles. The molecule has 0 saturated carbocycles. The molecule has 1 saturated heterocycles. The average molecular weight is 1330 g/mol. The zero-order valence-electron chi connectivity index (χ0n) is 53.4. The lowest BCUT2D eigenvalue weighted by Crippen LogP contribution is -2.60. The number of methoxy groups -OCH3 is 1. The summed E-state index contributed by atoms with van der Waals surface area (Å²) >= 11 is 0. The molecular formula is C63H86N6O25. The van der Waals surface area contributed by atoms with E-state index >= 15 is 0 Å². The molecular weight excluding hydrogens is 1240 g/mol. The maximum Gasteiger partial charge on any atom is 0.253 e. The van der Waals surface area contributed by atoms with Crippen LogP contribution in [0.1, 0.15) is 122 Å². The fourth-order valence-electron chi connectivity index (χ4n) is 11.0. The van der Waals surface area contributed by atoms with Crippen LogP contribution >= 0.6 is 0 Å². The van der Waals surface area contributed by atoms with Crippen LogP contribution < -0.4 is 31.7 Å². The monoisotopic (exact) mass is 1330 g/mol. The highest BCUT2D eigenvalue weighted by molar-refractivity contribution is 6.31. The molecule has 0 aromatic heterocycles. The molecule has 2 aromatic carbocycles. The molecule has 94 heavy (non-hydrogen) atoms. The standard InChI is InChI=1S/C63H86N6O25/c1-33(2)26-41(61(83)66-40-29-49(93-36(5)54(40)76)94-44-31-63(85,45(72)32-70)30-39-51(44)58(80)53-52(56(39)78)55(77)38-8-7-9-43(86-6)50(38)57(53)79)68-62(84)42(28-46(64)73)67-60(82)35(4)65-59(81)34(3)27-37(71)12-14-87-16-18-89-20-22-91-24-25-92-23-21-90-19-17-88-15-13-69-47(74)10-11-48(69)75/h7-11,33-36,40-42,44,49,54,70,76,78,80,85H,12-32H2,1-6H3,(H2,64,73)(H,65,81)(H,66,83)(H,67,82)(H,68,84)/t34-,35+,36-,40-,41?,42+,44-,49-,54+,63-/m0/s1. The number of carbonyl (C=O) groups is 11. The van der Waals surface area contributed by atoms with Crippen LogP contribution in [0, 0.1) is 11.8 Å². The molecule has 1 fully saturated rings. The Morgan fingerprint density at radius 1 is 0.713 bits per heavy atom. The number of fused-ring (bicyclic) bond motifs is 3. The van der Waals surface area contributed by atoms with Gasteiger partial charge in [0.2, 0.25) is 35.3 Å². The van der Waals surface area contributed by atoms with Gasteiger partial charge in [-0.2, -0.15) is 0 Å². The van der Waals surface area contributed by atoms with Crippen molar-refractivity contribution in [2.75, 3.05) is 99.5 Å². The Bertz CT molecular complexity index is 3100. The average Bonchev–Trinajstić information content (AvgIpc) is 0.770. The van der Waals surface area contributed by atoms with Gasteiger partial charge in [-0.25, -0.2) is 0 Å². The first kappa shape index (κ1) is 75.3. The molecule has 6 rings (SSSR count). The Hall–Kier alpha value is -7.69. The van der Waals surface area contributed by atoms with Crippen molar-refractivity contribution in [1.82, 2.24) is 26.2 Å². The maximum atomic E-state index is 14.2. The van der Waals surface area contributed by atoms with Gasteiger partial charge in [-0.1, -0.05) is 32.9 Å². The number of carbonyl (C=O) groups excluding carboxylic acids is 11. The van der Waals surface area contributed by atoms with Crippen LogP contribution in [0.2, 0.25) is 0 Å². The number of imide groups is 1. The highest BCUT2D eigenvalue weighted by Crippen LogP contribution is 2.52. The zero-order valence-corrected chi connectivity index (χ0v) is 53.4. The molecule has 10 atom stereocenters. The van der Waals surface area contributed by atoms with Crippen LogP contribution in [-0.2, 0) is 87.5 Å². The van der Waals surface area contributed by atoms with Crippen molar-refractivity contribution in [2.45, 2.75) is 134 Å². The van der Waals surface area contributed by atoms with E-state index in [0.717, 1.165) is 4.90 Å². The molecule has 0 spiro atoms. The lowest BCUT2D eigenvalue weighted by Gasteiger charge is -2.43. The normalized spacial score (nSPS) is 21.2. The number of primary amides is 1. The lowest BCUT2D eigenvalue weighted by molar-refractivity contribution is -0.249. The topological polar surface area (TPSA) is 449 Å². The predicted molar refractivity (Wildman–Crippen MR) is 325 cm³/mol. The number of aliphatic hydroxyl groups excluding tert-OH is 2. The van der Waals surface area contributed by atoms with Gasteiger partial charge in [0.05, 0.1) is 134 Å². The van der Waals surface area contributed by atoms with Crippen molar-refractivity contribution >= 4 is 64.5 Å². The number of ketones is 4. The highest BCUT2D eigenvalue weighted by Gasteiger charge is 2.51. The van der Waals surface area contributed by atoms with E-state index in [9.17, 15) is 78.3 Å². The van der Waals surface area contributed by atoms with Crippen LogP contribution in [0.15, 0.2) is 30.4 Å². The third-order valence-electron chi connectivity index (χ3n) is 15.9. The molecule has 0 radical (unpaired) electrons. The number of aliphatic hydroxyl groups is 3. The number of aromatic hydroxyl groups is 2. The summed E-state index contributed by atoms with van der Waals surface area (Å²) in [6.45, 7) is 10.0. The molecule has 1 unspecified atom stereocenters. The van der Waals surface area contributed by atoms with E-state index in [1.165, 1.54) is 58.2 Å². The number of amides is 7. The largest absolute Gasteiger partial charge is 0.507 e. The van der Waals surface area contributed by atoms with Crippen LogP contribution in [-0.4, -0.2) is 243 Å². The van der Waals surface area contributed by atoms with E-state index in [0.29, 0.717) is 52.9 Å². The van der Waals surface area contributed by atoms with Gasteiger partial charge in [-0.3, -0.25) is 57.6 Å². The van der Waals surface area contributed by atoms with Crippen molar-refractivity contribution in [3.05, 3.63) is 63.7 Å². The van der Waals surface area contributed by atoms with Gasteiger partial charge in [0.25, 0.3) is 11.8 Å². The minimum Gasteiger partial charge on any atom is -0.507 e. The molecule has 2 aliphatic carbocycles. The highest BCUT2D eigenvalue weighted by atomic mass is 16.7. The number of hydrogen-bond acceptors (Lipinski definition) is 25. The third-order valence-corrected chi connectivity index (χ3v) is 15.9. The van der Waals surface area contributed by atoms with E-state index in [-0.39, 0.29) is 110 Å². The summed E-state index contributed by atoms with van der Waals surface area (Å²) in [4.78, 5) is 145. The Morgan fingerprint density at radius 3 is 1.84 bits per heavy atom. The number of rotatable bonds is 40. The molecule has 2 aromatic rings. The summed E-state index contributed by atoms with van der Waals surface area (Å²) in [6.07, 6.45) is -6.01. The predicted octanol–water partition coefficient (Wildman–Crippen LogP) is -1.44. The van der Waals surface area contributed by atoms with E-state index in [1.807, 2.05) is 0 Å². The van der Waals surface area contributed by atoms with Crippen LogP contribution in [0.5, 0.6) is 17.2 Å². The molecule has 518 valence electrons. The van der Waals surface area contributed by atoms with E-state index < -0.39 is 156 Å². The quantitative estimate of drug-likeness (QED) is 0.0177. The summed E-state index contributed by atoms with van der Waals surface area (Å²) < 4.78 is 50.3. The first-order valence-corrected chi connectivity index (χ1v) is 31.0. The summed E-state index contributed by atoms with van der Waals surface area (Å²) in [5.74, 6) is -11.2. The molecule has 31 heteroatoms. The number of nitrogens with one attached hydrogen (secondary N) is 4. The van der Waals surface area contributed by atoms with Crippen LogP contribution in [0.25, 0.3) is 0 Å². The second-order valence-electron chi connectivity index (χ2n) is 23.5. The smallest absolute Gasteiger partial charge is 0.253 e. The second kappa shape index (κ2) is 35.7. The van der Waals surface area contributed by atoms with Crippen molar-refractivity contribution < 1.29 is 121 Å². The van der Waals surface area contributed by atoms with E-state index in [4.69, 9.17) is 48.4 Å². The van der Waals surface area contributed by atoms with Crippen molar-refractivity contribution in [3.63, 3.8) is 0 Å². The molecule has 31 nitrogen and oxygen atoms in total. The molecule has 11 N–H and O–H groups in total. The fraction of sp³-hybridized carbons (Fsp3) is 0.603. The minimum atomic E-state index is -2.47. The molecule has 2 aliphatic heterocycles. The van der Waals surface area contributed by atoms with Gasteiger partial charge in [0.1, 0.15) is 59.5 Å². The van der Waals surface area contributed by atoms with Gasteiger partial charge >= 0.3 is 0 Å². The Kier molecular flexibility index (Phi) is 28.6. The summed E-state index contributed by atoms with van der Waals surface area (Å²) in [5, 5.41) is 66.9. The van der Waals surface area contributed by atoms with E-state index in [2.05, 4.69) is 21.3 Å². The first-order chi connectivity index (χ1) is 44.7. The Morgan fingerprint density at radius 2 is 1.28 bits per heavy atom. The Balaban J connectivity index is 0.930. The summed E-state index contributed by atoms with van der Waals surface area (Å²) in [5.41, 5.74) is 0.793. The molecule has 0 bridgehead atoms. The third kappa shape index (κ3) is 20.2. The van der Waals surface area contributed by atoms with E-state index in [1.54, 1.807) is 13.8 Å². The molecule has 7 amide bonds. The first-order valence-electron chi connectivity index (χ1n) is 31.0. The number of nitrogens with two attached hydrogens (primary N) is 1. The van der Waals surface area contributed by atoms with Crippen molar-refractivity contribution in [3.8, 4) is 17.2 Å². The second-order valence-corrected chi connectivity index (χ2v) is 23.5. The van der Waals surface area contributed by atoms with Gasteiger partial charge in [-0.05, 0) is 32.3 Å². The number of phenolic OH excluding ortho intramolecular Hbond substituents is 2. The van der Waals surface area contributed by atoms with Crippen LogP contribution in [0.3, 0.4) is 0 Å². The maximum absolute atomic E-state index is 14.2. The summed E-state index contributed by atoms with van der Waals surface area (Å²) in [7, 11) is 1.27. The number of nitrogens with zero attached hydrogens (tertiary/aromatic N) is 1. The lowest BCUT2D eigenvalue weighted by atomic mass is 9.72. The number of ether oxygens (including phenoxy) is 9. The Labute approximate surface area is 541 Å². The van der Waals surface area contributed by atoms with Crippen molar-refractivity contribution in [2.24, 2.45) is 17.6 Å². The number of benzene rings is 2. The minimum absolute atomic E-state index is 0.00460. The number of phenols is 2. The summed E-state index contributed by atoms with van der Waals surface area (Å²) in [6, 6.07) is -1.41. The van der Waals surface area contributed by atoms with Crippen molar-refractivity contribution in [1.29, 1.82) is 0 Å². The van der Waals surface area contributed by atoms with Gasteiger partial charge in [0.15, 0.2) is 17.9 Å². The molecule has 4 aliphatic rings. The fourth-order valence-corrected chi connectivity index (χ4v) is 11.0. The van der Waals surface area contributed by atoms with Gasteiger partial charge in [0, 0.05) is 66.9 Å². The van der Waals surface area contributed by atoms with Gasteiger partial charge in [-0.15, -0.1) is 0 Å². The van der Waals surface area contributed by atoms with Gasteiger partial charge < -0.3 is 95.2 Å². The SMILES string of the molecule is COc1cccc2c1C(=O)c1c(O)c3c(c(O)c1C2=O)C[C@@](O)(C(=O)CO)C[C@@H]3O[C@H]1C[C@H](NC(=O)C(CC(C)C)NC(=O)[C@@H](CC(N)=O)NC(=O)[C@@H](C)NC(=O)[C@@H](C)CC(=O)CCOCCOCCOCCOCCOCCOCCN2C(=O)C=CC2=O)[C@H](O)[C@H](C)O1. The zero-order chi connectivity index (χ0) is 69.0. The van der Waals surface area contributed by atoms with Crippen LogP contribution in [0.4, 0.5) is 0 Å². The number of Topliss-reactive ketones (excluding diaryl/α,β-unsaturated/α-hetero) is 2. The number of hydrogen-bond donors (Lipinski definition) is 10.